The molecule has 2 heterocycles. The topological polar surface area (TPSA) is 134 Å². The van der Waals surface area contributed by atoms with E-state index in [1.165, 1.54) is 11.8 Å². The predicted molar refractivity (Wildman–Crippen MR) is 122 cm³/mol. The molecule has 0 unspecified atom stereocenters. The van der Waals surface area contributed by atoms with Crippen molar-refractivity contribution in [3.63, 3.8) is 0 Å². The van der Waals surface area contributed by atoms with Gasteiger partial charge in [0.1, 0.15) is 12.1 Å². The molecule has 2 aromatic heterocycles. The molecule has 0 radical (unpaired) electrons. The van der Waals surface area contributed by atoms with Crippen LogP contribution in [0.3, 0.4) is 0 Å². The molecule has 10 heteroatoms. The van der Waals surface area contributed by atoms with Crippen molar-refractivity contribution < 1.29 is 19.4 Å². The number of hydrogen-bond acceptors (Lipinski definition) is 7. The maximum absolute atomic E-state index is 12.5. The second kappa shape index (κ2) is 8.89. The Morgan fingerprint density at radius 1 is 1.15 bits per heavy atom. The van der Waals surface area contributed by atoms with Gasteiger partial charge in [0.05, 0.1) is 11.2 Å². The first kappa shape index (κ1) is 21.5. The van der Waals surface area contributed by atoms with E-state index in [1.807, 2.05) is 54.6 Å². The molecule has 172 valence electrons. The van der Waals surface area contributed by atoms with Crippen LogP contribution in [0.1, 0.15) is 25.3 Å². The van der Waals surface area contributed by atoms with Crippen molar-refractivity contribution in [3.8, 4) is 22.6 Å². The molecule has 1 aliphatic carbocycles. The number of carbonyl (C=O) groups is 2. The van der Waals surface area contributed by atoms with Crippen molar-refractivity contribution in [2.45, 2.75) is 38.5 Å². The zero-order valence-corrected chi connectivity index (χ0v) is 18.4. The standard InChI is InChI=1S/C24H22N6O4/c1-14(23(31)32)30(24(33)34-17-8-9-17)13-15-6-10-20-16(12-15)7-11-21(25-20)18-4-2-3-5-19(18)22-26-28-29-27-22/h2-7,10-12,14,17H,8-9,13H2,1H3,(H,31,32)(H,26,27,28,29)/t14-/m0/s1. The normalized spacial score (nSPS) is 14.0. The van der Waals surface area contributed by atoms with Crippen molar-refractivity contribution >= 4 is 23.0 Å². The second-order valence-electron chi connectivity index (χ2n) is 8.23. The number of aromatic amines is 1. The molecule has 1 atom stereocenters. The van der Waals surface area contributed by atoms with Gasteiger partial charge in [0, 0.05) is 23.1 Å². The van der Waals surface area contributed by atoms with E-state index in [0.29, 0.717) is 5.82 Å². The number of carboxylic acids is 1. The summed E-state index contributed by atoms with van der Waals surface area (Å²) in [5.74, 6) is -0.598. The van der Waals surface area contributed by atoms with Crippen LogP contribution >= 0.6 is 0 Å². The van der Waals surface area contributed by atoms with Gasteiger partial charge in [-0.15, -0.1) is 10.2 Å². The summed E-state index contributed by atoms with van der Waals surface area (Å²) in [7, 11) is 0. The number of nitrogens with zero attached hydrogens (tertiary/aromatic N) is 5. The van der Waals surface area contributed by atoms with Gasteiger partial charge in [-0.2, -0.15) is 5.21 Å². The summed E-state index contributed by atoms with van der Waals surface area (Å²) >= 11 is 0. The van der Waals surface area contributed by atoms with Gasteiger partial charge >= 0.3 is 12.1 Å². The molecule has 2 aromatic carbocycles. The van der Waals surface area contributed by atoms with E-state index in [0.717, 1.165) is 46.1 Å². The number of amides is 1. The maximum Gasteiger partial charge on any atom is 0.411 e. The highest BCUT2D eigenvalue weighted by molar-refractivity contribution is 5.86. The molecule has 0 spiro atoms. The molecule has 1 aliphatic rings. The van der Waals surface area contributed by atoms with Gasteiger partial charge in [0.25, 0.3) is 0 Å². The third-order valence-electron chi connectivity index (χ3n) is 5.75. The van der Waals surface area contributed by atoms with Crippen LogP contribution in [-0.2, 0) is 16.1 Å². The van der Waals surface area contributed by atoms with Gasteiger partial charge in [-0.3, -0.25) is 4.90 Å². The summed E-state index contributed by atoms with van der Waals surface area (Å²) in [5, 5.41) is 24.6. The number of benzene rings is 2. The van der Waals surface area contributed by atoms with E-state index in [4.69, 9.17) is 9.72 Å². The van der Waals surface area contributed by atoms with Crippen LogP contribution in [0.4, 0.5) is 4.79 Å². The van der Waals surface area contributed by atoms with Crippen molar-refractivity contribution in [2.75, 3.05) is 0 Å². The number of aliphatic carboxylic acids is 1. The van der Waals surface area contributed by atoms with E-state index in [-0.39, 0.29) is 12.6 Å². The van der Waals surface area contributed by atoms with Crippen molar-refractivity contribution in [1.29, 1.82) is 0 Å². The van der Waals surface area contributed by atoms with Crippen LogP contribution in [-0.4, -0.2) is 59.8 Å². The number of ether oxygens (including phenoxy) is 1. The number of hydrogen-bond donors (Lipinski definition) is 2. The lowest BCUT2D eigenvalue weighted by Crippen LogP contribution is -2.43. The Labute approximate surface area is 194 Å². The monoisotopic (exact) mass is 458 g/mol. The van der Waals surface area contributed by atoms with E-state index in [9.17, 15) is 14.7 Å². The largest absolute Gasteiger partial charge is 0.480 e. The van der Waals surface area contributed by atoms with Crippen LogP contribution in [0.5, 0.6) is 0 Å². The van der Waals surface area contributed by atoms with Gasteiger partial charge in [-0.05, 0) is 48.7 Å². The Balaban J connectivity index is 1.43. The average Bonchev–Trinajstić information content (AvgIpc) is 3.49. The minimum atomic E-state index is -1.08. The maximum atomic E-state index is 12.5. The first-order chi connectivity index (χ1) is 16.5. The zero-order valence-electron chi connectivity index (χ0n) is 18.4. The van der Waals surface area contributed by atoms with Crippen molar-refractivity contribution in [1.82, 2.24) is 30.5 Å². The number of carbonyl (C=O) groups excluding carboxylic acids is 1. The van der Waals surface area contributed by atoms with Crippen molar-refractivity contribution in [2.24, 2.45) is 0 Å². The predicted octanol–water partition coefficient (Wildman–Crippen LogP) is 3.66. The number of H-pyrrole nitrogens is 1. The summed E-state index contributed by atoms with van der Waals surface area (Å²) in [4.78, 5) is 30.1. The molecule has 0 saturated heterocycles. The number of pyridine rings is 1. The van der Waals surface area contributed by atoms with Gasteiger partial charge < -0.3 is 9.84 Å². The van der Waals surface area contributed by atoms with E-state index in [2.05, 4.69) is 20.6 Å². The van der Waals surface area contributed by atoms with Crippen LogP contribution in [0.15, 0.2) is 54.6 Å². The van der Waals surface area contributed by atoms with Gasteiger partial charge in [0.15, 0.2) is 0 Å². The minimum absolute atomic E-state index is 0.106. The van der Waals surface area contributed by atoms with Gasteiger partial charge in [-0.1, -0.05) is 36.4 Å². The Morgan fingerprint density at radius 3 is 2.65 bits per heavy atom. The summed E-state index contributed by atoms with van der Waals surface area (Å²) in [6.07, 6.45) is 0.927. The van der Waals surface area contributed by atoms with E-state index >= 15 is 0 Å². The van der Waals surface area contributed by atoms with Gasteiger partial charge in [0.2, 0.25) is 5.82 Å². The fourth-order valence-electron chi connectivity index (χ4n) is 3.69. The Bertz CT molecular complexity index is 1350. The van der Waals surface area contributed by atoms with Crippen LogP contribution in [0.25, 0.3) is 33.5 Å². The lowest BCUT2D eigenvalue weighted by Gasteiger charge is -2.26. The number of aromatic nitrogens is 5. The Kier molecular flexibility index (Phi) is 5.62. The molecule has 2 N–H and O–H groups in total. The molecule has 0 bridgehead atoms. The zero-order chi connectivity index (χ0) is 23.7. The van der Waals surface area contributed by atoms with E-state index in [1.54, 1.807) is 0 Å². The highest BCUT2D eigenvalue weighted by Gasteiger charge is 2.32. The van der Waals surface area contributed by atoms with Crippen molar-refractivity contribution in [3.05, 3.63) is 60.2 Å². The Morgan fingerprint density at radius 2 is 1.94 bits per heavy atom. The lowest BCUT2D eigenvalue weighted by atomic mass is 10.0. The molecule has 34 heavy (non-hydrogen) atoms. The number of tetrazole rings is 1. The Hall–Kier alpha value is -4.34. The molecular formula is C24H22N6O4. The lowest BCUT2D eigenvalue weighted by molar-refractivity contribution is -0.142. The first-order valence-corrected chi connectivity index (χ1v) is 10.9. The number of nitrogens with one attached hydrogen (secondary N) is 1. The second-order valence-corrected chi connectivity index (χ2v) is 8.23. The summed E-state index contributed by atoms with van der Waals surface area (Å²) < 4.78 is 5.36. The molecule has 4 aromatic rings. The molecule has 0 aliphatic heterocycles. The number of carboxylic acid groups (broad SMARTS) is 1. The minimum Gasteiger partial charge on any atom is -0.480 e. The highest BCUT2D eigenvalue weighted by Crippen LogP contribution is 2.30. The summed E-state index contributed by atoms with van der Waals surface area (Å²) in [6.45, 7) is 1.60. The molecule has 1 saturated carbocycles. The molecule has 1 fully saturated rings. The highest BCUT2D eigenvalue weighted by atomic mass is 16.6. The van der Waals surface area contributed by atoms with Gasteiger partial charge in [-0.25, -0.2) is 14.6 Å². The fraction of sp³-hybridized carbons (Fsp3) is 0.250. The average molecular weight is 458 g/mol. The van der Waals surface area contributed by atoms with Crippen LogP contribution in [0.2, 0.25) is 0 Å². The molecule has 5 rings (SSSR count). The number of fused-ring (bicyclic) bond motifs is 1. The number of rotatable bonds is 7. The quantitative estimate of drug-likeness (QED) is 0.428. The molecular weight excluding hydrogens is 436 g/mol. The third kappa shape index (κ3) is 4.42. The van der Waals surface area contributed by atoms with E-state index < -0.39 is 18.1 Å². The first-order valence-electron chi connectivity index (χ1n) is 10.9. The summed E-state index contributed by atoms with van der Waals surface area (Å²) in [5.41, 5.74) is 4.00. The third-order valence-corrected chi connectivity index (χ3v) is 5.75. The smallest absolute Gasteiger partial charge is 0.411 e. The summed E-state index contributed by atoms with van der Waals surface area (Å²) in [6, 6.07) is 16.1. The fourth-order valence-corrected chi connectivity index (χ4v) is 3.69. The molecule has 10 nitrogen and oxygen atoms in total. The molecule has 1 amide bonds. The SMILES string of the molecule is C[C@@H](C(=O)O)N(Cc1ccc2nc(-c3ccccc3-c3nn[nH]n3)ccc2c1)C(=O)OC1CC1. The van der Waals surface area contributed by atoms with Crippen LogP contribution in [0, 0.1) is 0 Å². The van der Waals surface area contributed by atoms with Crippen LogP contribution < -0.4 is 0 Å².